The van der Waals surface area contributed by atoms with Crippen LogP contribution in [0.1, 0.15) is 19.2 Å². The SMILES string of the molecule is CCN1CC[C@H](CNC(=O)N(C)CCc2nc3ccc(OC)cc3[nH]2)C1. The van der Waals surface area contributed by atoms with Crippen molar-refractivity contribution >= 4 is 17.1 Å². The monoisotopic (exact) mass is 359 g/mol. The van der Waals surface area contributed by atoms with Crippen LogP contribution in [0, 0.1) is 5.92 Å². The molecule has 1 aromatic heterocycles. The number of ether oxygens (including phenoxy) is 1. The zero-order chi connectivity index (χ0) is 18.5. The molecule has 1 aliphatic heterocycles. The highest BCUT2D eigenvalue weighted by atomic mass is 16.5. The first-order valence-corrected chi connectivity index (χ1v) is 9.33. The van der Waals surface area contributed by atoms with Crippen LogP contribution in [0.3, 0.4) is 0 Å². The number of H-pyrrole nitrogens is 1. The van der Waals surface area contributed by atoms with E-state index in [0.29, 0.717) is 18.9 Å². The number of hydrogen-bond acceptors (Lipinski definition) is 4. The number of fused-ring (bicyclic) bond motifs is 1. The van der Waals surface area contributed by atoms with E-state index in [1.807, 2.05) is 25.2 Å². The molecule has 0 radical (unpaired) electrons. The first-order chi connectivity index (χ1) is 12.6. The number of rotatable bonds is 7. The van der Waals surface area contributed by atoms with E-state index in [9.17, 15) is 4.79 Å². The zero-order valence-corrected chi connectivity index (χ0v) is 15.9. The van der Waals surface area contributed by atoms with Gasteiger partial charge in [0.25, 0.3) is 0 Å². The molecule has 7 nitrogen and oxygen atoms in total. The smallest absolute Gasteiger partial charge is 0.317 e. The third-order valence-electron chi connectivity index (χ3n) is 5.13. The van der Waals surface area contributed by atoms with Crippen molar-refractivity contribution in [1.29, 1.82) is 0 Å². The van der Waals surface area contributed by atoms with E-state index < -0.39 is 0 Å². The number of likely N-dealkylation sites (N-methyl/N-ethyl adjacent to an activating group) is 1. The maximum absolute atomic E-state index is 12.3. The number of methoxy groups -OCH3 is 1. The number of hydrogen-bond donors (Lipinski definition) is 2. The molecule has 0 aliphatic carbocycles. The number of benzene rings is 1. The topological polar surface area (TPSA) is 73.5 Å². The summed E-state index contributed by atoms with van der Waals surface area (Å²) in [6, 6.07) is 5.75. The van der Waals surface area contributed by atoms with Gasteiger partial charge in [0.2, 0.25) is 0 Å². The van der Waals surface area contributed by atoms with Crippen LogP contribution < -0.4 is 10.1 Å². The summed E-state index contributed by atoms with van der Waals surface area (Å²) in [4.78, 5) is 24.3. The van der Waals surface area contributed by atoms with E-state index in [1.54, 1.807) is 12.0 Å². The average Bonchev–Trinajstić information content (AvgIpc) is 3.29. The number of nitrogens with one attached hydrogen (secondary N) is 2. The summed E-state index contributed by atoms with van der Waals surface area (Å²) >= 11 is 0. The Labute approximate surface area is 154 Å². The Morgan fingerprint density at radius 2 is 2.35 bits per heavy atom. The minimum atomic E-state index is -0.0160. The van der Waals surface area contributed by atoms with Gasteiger partial charge in [-0.3, -0.25) is 0 Å². The standard InChI is InChI=1S/C19H29N5O2/c1-4-24-10-7-14(13-24)12-20-19(25)23(2)9-8-18-21-16-6-5-15(26-3)11-17(16)22-18/h5-6,11,14H,4,7-10,12-13H2,1-3H3,(H,20,25)(H,21,22)/t14-/m1/s1. The van der Waals surface area contributed by atoms with E-state index in [-0.39, 0.29) is 6.03 Å². The fraction of sp³-hybridized carbons (Fsp3) is 0.579. The van der Waals surface area contributed by atoms with Crippen molar-refractivity contribution in [3.05, 3.63) is 24.0 Å². The van der Waals surface area contributed by atoms with Gasteiger partial charge in [-0.1, -0.05) is 6.92 Å². The van der Waals surface area contributed by atoms with Crippen LogP contribution in [0.5, 0.6) is 5.75 Å². The summed E-state index contributed by atoms with van der Waals surface area (Å²) in [5.41, 5.74) is 1.86. The minimum Gasteiger partial charge on any atom is -0.497 e. The fourth-order valence-electron chi connectivity index (χ4n) is 3.40. The number of carbonyl (C=O) groups is 1. The van der Waals surface area contributed by atoms with Crippen LogP contribution in [-0.4, -0.2) is 72.7 Å². The van der Waals surface area contributed by atoms with Gasteiger partial charge < -0.3 is 24.8 Å². The van der Waals surface area contributed by atoms with E-state index in [0.717, 1.165) is 48.8 Å². The summed E-state index contributed by atoms with van der Waals surface area (Å²) in [6.45, 7) is 6.88. The molecule has 0 saturated carbocycles. The van der Waals surface area contributed by atoms with Gasteiger partial charge in [-0.2, -0.15) is 0 Å². The van der Waals surface area contributed by atoms with Crippen molar-refractivity contribution in [1.82, 2.24) is 25.1 Å². The number of nitrogens with zero attached hydrogens (tertiary/aromatic N) is 3. The number of likely N-dealkylation sites (tertiary alicyclic amines) is 1. The summed E-state index contributed by atoms with van der Waals surface area (Å²) in [6.07, 6.45) is 1.86. The number of amides is 2. The zero-order valence-electron chi connectivity index (χ0n) is 15.9. The third-order valence-corrected chi connectivity index (χ3v) is 5.13. The molecule has 142 valence electrons. The lowest BCUT2D eigenvalue weighted by atomic mass is 10.1. The van der Waals surface area contributed by atoms with E-state index in [2.05, 4.69) is 27.1 Å². The van der Waals surface area contributed by atoms with Crippen molar-refractivity contribution in [2.45, 2.75) is 19.8 Å². The molecule has 7 heteroatoms. The van der Waals surface area contributed by atoms with Crippen LogP contribution >= 0.6 is 0 Å². The first-order valence-electron chi connectivity index (χ1n) is 9.33. The van der Waals surface area contributed by atoms with Gasteiger partial charge in [0.1, 0.15) is 11.6 Å². The lowest BCUT2D eigenvalue weighted by Gasteiger charge is -2.19. The second-order valence-electron chi connectivity index (χ2n) is 6.97. The van der Waals surface area contributed by atoms with E-state index in [1.165, 1.54) is 6.42 Å². The lowest BCUT2D eigenvalue weighted by Crippen LogP contribution is -2.41. The molecule has 1 atom stereocenters. The van der Waals surface area contributed by atoms with E-state index >= 15 is 0 Å². The lowest BCUT2D eigenvalue weighted by molar-refractivity contribution is 0.207. The van der Waals surface area contributed by atoms with Gasteiger partial charge in [0.05, 0.1) is 18.1 Å². The van der Waals surface area contributed by atoms with Gasteiger partial charge in [0.15, 0.2) is 0 Å². The number of carbonyl (C=O) groups excluding carboxylic acids is 1. The predicted octanol–water partition coefficient (Wildman–Crippen LogP) is 2.10. The molecule has 1 aliphatic rings. The highest BCUT2D eigenvalue weighted by molar-refractivity contribution is 5.77. The van der Waals surface area contributed by atoms with Crippen LogP contribution in [-0.2, 0) is 6.42 Å². The number of aromatic nitrogens is 2. The molecule has 1 fully saturated rings. The molecule has 26 heavy (non-hydrogen) atoms. The molecule has 1 aromatic carbocycles. The van der Waals surface area contributed by atoms with Crippen molar-refractivity contribution in [2.24, 2.45) is 5.92 Å². The second-order valence-corrected chi connectivity index (χ2v) is 6.97. The Kier molecular flexibility index (Phi) is 5.98. The fourth-order valence-corrected chi connectivity index (χ4v) is 3.40. The highest BCUT2D eigenvalue weighted by Gasteiger charge is 2.22. The molecular formula is C19H29N5O2. The quantitative estimate of drug-likeness (QED) is 0.794. The van der Waals surface area contributed by atoms with Gasteiger partial charge >= 0.3 is 6.03 Å². The van der Waals surface area contributed by atoms with Crippen LogP contribution in [0.4, 0.5) is 4.79 Å². The normalized spacial score (nSPS) is 17.6. The van der Waals surface area contributed by atoms with Crippen molar-refractivity contribution in [2.75, 3.05) is 46.9 Å². The Hall–Kier alpha value is -2.28. The van der Waals surface area contributed by atoms with Crippen molar-refractivity contribution in [3.63, 3.8) is 0 Å². The largest absolute Gasteiger partial charge is 0.497 e. The molecular weight excluding hydrogens is 330 g/mol. The van der Waals surface area contributed by atoms with Crippen LogP contribution in [0.25, 0.3) is 11.0 Å². The Balaban J connectivity index is 1.45. The highest BCUT2D eigenvalue weighted by Crippen LogP contribution is 2.19. The Morgan fingerprint density at radius 1 is 1.50 bits per heavy atom. The molecule has 3 rings (SSSR count). The maximum Gasteiger partial charge on any atom is 0.317 e. The average molecular weight is 359 g/mol. The summed E-state index contributed by atoms with van der Waals surface area (Å²) in [7, 11) is 3.48. The summed E-state index contributed by atoms with van der Waals surface area (Å²) in [5.74, 6) is 2.25. The molecule has 0 spiro atoms. The predicted molar refractivity (Wildman–Crippen MR) is 103 cm³/mol. The summed E-state index contributed by atoms with van der Waals surface area (Å²) < 4.78 is 5.23. The molecule has 0 unspecified atom stereocenters. The van der Waals surface area contributed by atoms with Gasteiger partial charge in [-0.05, 0) is 37.6 Å². The Bertz CT molecular complexity index is 745. The second kappa shape index (κ2) is 8.40. The number of imidazole rings is 1. The molecule has 1 saturated heterocycles. The van der Waals surface area contributed by atoms with Gasteiger partial charge in [-0.25, -0.2) is 9.78 Å². The first kappa shape index (κ1) is 18.5. The molecule has 2 aromatic rings. The van der Waals surface area contributed by atoms with Gasteiger partial charge in [-0.15, -0.1) is 0 Å². The Morgan fingerprint density at radius 3 is 3.08 bits per heavy atom. The number of aromatic amines is 1. The van der Waals surface area contributed by atoms with Crippen LogP contribution in [0.2, 0.25) is 0 Å². The van der Waals surface area contributed by atoms with E-state index in [4.69, 9.17) is 4.74 Å². The minimum absolute atomic E-state index is 0.0160. The molecule has 2 amide bonds. The third kappa shape index (κ3) is 4.46. The summed E-state index contributed by atoms with van der Waals surface area (Å²) in [5, 5.41) is 3.06. The number of urea groups is 1. The van der Waals surface area contributed by atoms with Crippen molar-refractivity contribution in [3.8, 4) is 5.75 Å². The van der Waals surface area contributed by atoms with Crippen LogP contribution in [0.15, 0.2) is 18.2 Å². The molecule has 2 heterocycles. The molecule has 0 bridgehead atoms. The van der Waals surface area contributed by atoms with Gasteiger partial charge in [0, 0.05) is 39.2 Å². The molecule has 2 N–H and O–H groups in total. The van der Waals surface area contributed by atoms with Crippen molar-refractivity contribution < 1.29 is 9.53 Å². The maximum atomic E-state index is 12.3.